The van der Waals surface area contributed by atoms with Crippen LogP contribution in [-0.2, 0) is 9.84 Å². The van der Waals surface area contributed by atoms with Crippen molar-refractivity contribution in [1.82, 2.24) is 0 Å². The van der Waals surface area contributed by atoms with Gasteiger partial charge in [0.05, 0.1) is 11.0 Å². The minimum atomic E-state index is -2.85. The summed E-state index contributed by atoms with van der Waals surface area (Å²) < 4.78 is 24.2. The molecule has 1 aliphatic carbocycles. The Kier molecular flexibility index (Phi) is 5.10. The number of halogens is 1. The third kappa shape index (κ3) is 3.74. The van der Waals surface area contributed by atoms with Crippen LogP contribution in [0.4, 0.5) is 0 Å². The number of alkyl halides is 1. The zero-order valence-electron chi connectivity index (χ0n) is 9.58. The maximum absolute atomic E-state index is 12.1. The normalized spacial score (nSPS) is 21.1. The Balaban J connectivity index is 2.61. The number of hydrogen-bond donors (Lipinski definition) is 0. The SMILES string of the molecule is CC(C)C(CBr)CS(=O)(=O)C1CCCC1. The molecule has 0 radical (unpaired) electrons. The van der Waals surface area contributed by atoms with E-state index in [1.165, 1.54) is 0 Å². The molecule has 15 heavy (non-hydrogen) atoms. The molecular formula is C11H21BrO2S. The third-order valence-electron chi connectivity index (χ3n) is 3.40. The van der Waals surface area contributed by atoms with E-state index in [0.29, 0.717) is 11.7 Å². The van der Waals surface area contributed by atoms with Crippen molar-refractivity contribution in [3.63, 3.8) is 0 Å². The van der Waals surface area contributed by atoms with Crippen LogP contribution in [0.3, 0.4) is 0 Å². The van der Waals surface area contributed by atoms with E-state index in [1.54, 1.807) is 0 Å². The summed E-state index contributed by atoms with van der Waals surface area (Å²) in [5.74, 6) is 1.05. The van der Waals surface area contributed by atoms with Crippen LogP contribution in [0.5, 0.6) is 0 Å². The summed E-state index contributed by atoms with van der Waals surface area (Å²) in [5, 5.41) is 0.745. The molecule has 0 aromatic heterocycles. The van der Waals surface area contributed by atoms with Gasteiger partial charge in [-0.2, -0.15) is 0 Å². The predicted octanol–water partition coefficient (Wildman–Crippen LogP) is 3.01. The van der Waals surface area contributed by atoms with E-state index in [9.17, 15) is 8.42 Å². The first-order valence-corrected chi connectivity index (χ1v) is 8.58. The first kappa shape index (κ1) is 13.5. The Labute approximate surface area is 102 Å². The van der Waals surface area contributed by atoms with Crippen LogP contribution in [0.15, 0.2) is 0 Å². The Bertz CT molecular complexity index is 279. The summed E-state index contributed by atoms with van der Waals surface area (Å²) in [6.07, 6.45) is 3.94. The molecule has 1 fully saturated rings. The highest BCUT2D eigenvalue weighted by Gasteiger charge is 2.31. The summed E-state index contributed by atoms with van der Waals surface area (Å²) in [5.41, 5.74) is 0. The van der Waals surface area contributed by atoms with Gasteiger partial charge in [0, 0.05) is 5.33 Å². The van der Waals surface area contributed by atoms with Gasteiger partial charge in [-0.05, 0) is 24.7 Å². The minimum Gasteiger partial charge on any atom is -0.229 e. The number of rotatable bonds is 5. The minimum absolute atomic E-state index is 0.0437. The van der Waals surface area contributed by atoms with E-state index in [1.807, 2.05) is 0 Å². The van der Waals surface area contributed by atoms with Crippen molar-refractivity contribution in [3.8, 4) is 0 Å². The zero-order chi connectivity index (χ0) is 11.5. The molecule has 0 spiro atoms. The Morgan fingerprint density at radius 1 is 1.27 bits per heavy atom. The van der Waals surface area contributed by atoms with E-state index < -0.39 is 9.84 Å². The van der Waals surface area contributed by atoms with Crippen molar-refractivity contribution in [2.24, 2.45) is 11.8 Å². The lowest BCUT2D eigenvalue weighted by Crippen LogP contribution is -2.28. The van der Waals surface area contributed by atoms with Crippen LogP contribution in [0.1, 0.15) is 39.5 Å². The molecule has 0 aromatic rings. The molecule has 1 atom stereocenters. The molecule has 0 N–H and O–H groups in total. The molecule has 1 saturated carbocycles. The van der Waals surface area contributed by atoms with Gasteiger partial charge < -0.3 is 0 Å². The Hall–Kier alpha value is 0.430. The summed E-state index contributed by atoms with van der Waals surface area (Å²) >= 11 is 3.41. The fraction of sp³-hybridized carbons (Fsp3) is 1.00. The molecule has 1 unspecified atom stereocenters. The van der Waals surface area contributed by atoms with Gasteiger partial charge in [0.1, 0.15) is 0 Å². The molecule has 2 nitrogen and oxygen atoms in total. The van der Waals surface area contributed by atoms with Gasteiger partial charge in [-0.15, -0.1) is 0 Å². The molecule has 0 bridgehead atoms. The van der Waals surface area contributed by atoms with Gasteiger partial charge in [-0.25, -0.2) is 8.42 Å². The Morgan fingerprint density at radius 3 is 2.20 bits per heavy atom. The zero-order valence-corrected chi connectivity index (χ0v) is 12.0. The van der Waals surface area contributed by atoms with E-state index >= 15 is 0 Å². The van der Waals surface area contributed by atoms with Crippen molar-refractivity contribution in [2.75, 3.05) is 11.1 Å². The lowest BCUT2D eigenvalue weighted by atomic mass is 10.0. The van der Waals surface area contributed by atoms with Crippen molar-refractivity contribution < 1.29 is 8.42 Å². The molecule has 4 heteroatoms. The fourth-order valence-corrected chi connectivity index (χ4v) is 5.80. The van der Waals surface area contributed by atoms with Crippen molar-refractivity contribution in [3.05, 3.63) is 0 Å². The third-order valence-corrected chi connectivity index (χ3v) is 6.61. The van der Waals surface area contributed by atoms with Gasteiger partial charge in [-0.3, -0.25) is 0 Å². The predicted molar refractivity (Wildman–Crippen MR) is 68.2 cm³/mol. The standard InChI is InChI=1S/C11H21BrO2S/c1-9(2)10(7-12)8-15(13,14)11-5-3-4-6-11/h9-11H,3-8H2,1-2H3. The van der Waals surface area contributed by atoms with Gasteiger partial charge in [0.25, 0.3) is 0 Å². The lowest BCUT2D eigenvalue weighted by molar-refractivity contribution is 0.459. The summed E-state index contributed by atoms with van der Waals surface area (Å²) in [7, 11) is -2.85. The van der Waals surface area contributed by atoms with Crippen LogP contribution < -0.4 is 0 Å². The molecule has 0 amide bonds. The van der Waals surface area contributed by atoms with Crippen molar-refractivity contribution in [2.45, 2.75) is 44.8 Å². The van der Waals surface area contributed by atoms with E-state index in [4.69, 9.17) is 0 Å². The van der Waals surface area contributed by atoms with Gasteiger partial charge in [0.2, 0.25) is 0 Å². The van der Waals surface area contributed by atoms with E-state index in [-0.39, 0.29) is 11.2 Å². The average Bonchev–Trinajstić information content (AvgIpc) is 2.67. The second-order valence-corrected chi connectivity index (χ2v) is 7.87. The largest absolute Gasteiger partial charge is 0.229 e. The molecule has 1 aliphatic rings. The van der Waals surface area contributed by atoms with Crippen molar-refractivity contribution >= 4 is 25.8 Å². The lowest BCUT2D eigenvalue weighted by Gasteiger charge is -2.20. The topological polar surface area (TPSA) is 34.1 Å². The van der Waals surface area contributed by atoms with Gasteiger partial charge in [0.15, 0.2) is 9.84 Å². The highest BCUT2D eigenvalue weighted by Crippen LogP contribution is 2.28. The first-order chi connectivity index (χ1) is 6.97. The van der Waals surface area contributed by atoms with E-state index in [2.05, 4.69) is 29.8 Å². The highest BCUT2D eigenvalue weighted by molar-refractivity contribution is 9.09. The molecule has 0 heterocycles. The van der Waals surface area contributed by atoms with Crippen LogP contribution in [0.25, 0.3) is 0 Å². The van der Waals surface area contributed by atoms with Crippen LogP contribution in [0.2, 0.25) is 0 Å². The monoisotopic (exact) mass is 296 g/mol. The van der Waals surface area contributed by atoms with Crippen LogP contribution in [0, 0.1) is 11.8 Å². The fourth-order valence-electron chi connectivity index (χ4n) is 2.10. The van der Waals surface area contributed by atoms with Crippen LogP contribution in [-0.4, -0.2) is 24.8 Å². The molecule has 90 valence electrons. The first-order valence-electron chi connectivity index (χ1n) is 5.75. The number of sulfone groups is 1. The van der Waals surface area contributed by atoms with Crippen LogP contribution >= 0.6 is 15.9 Å². The Morgan fingerprint density at radius 2 is 1.80 bits per heavy atom. The van der Waals surface area contributed by atoms with Crippen molar-refractivity contribution in [1.29, 1.82) is 0 Å². The second-order valence-electron chi connectivity index (χ2n) is 4.89. The molecular weight excluding hydrogens is 276 g/mol. The quantitative estimate of drug-likeness (QED) is 0.731. The molecule has 0 aliphatic heterocycles. The molecule has 0 aromatic carbocycles. The maximum atomic E-state index is 12.1. The highest BCUT2D eigenvalue weighted by atomic mass is 79.9. The second kappa shape index (κ2) is 5.67. The molecule has 0 saturated heterocycles. The number of hydrogen-bond acceptors (Lipinski definition) is 2. The summed E-state index contributed by atoms with van der Waals surface area (Å²) in [4.78, 5) is 0. The average molecular weight is 297 g/mol. The van der Waals surface area contributed by atoms with E-state index in [0.717, 1.165) is 31.0 Å². The smallest absolute Gasteiger partial charge is 0.153 e. The summed E-state index contributed by atoms with van der Waals surface area (Å²) in [6, 6.07) is 0. The maximum Gasteiger partial charge on any atom is 0.153 e. The van der Waals surface area contributed by atoms with Gasteiger partial charge in [-0.1, -0.05) is 42.6 Å². The van der Waals surface area contributed by atoms with Gasteiger partial charge >= 0.3 is 0 Å². The summed E-state index contributed by atoms with van der Waals surface area (Å²) in [6.45, 7) is 4.19. The molecule has 1 rings (SSSR count).